The zero-order valence-corrected chi connectivity index (χ0v) is 14.5. The van der Waals surface area contributed by atoms with Crippen LogP contribution in [0.1, 0.15) is 28.8 Å². The number of esters is 1. The zero-order chi connectivity index (χ0) is 17.9. The van der Waals surface area contributed by atoms with E-state index >= 15 is 0 Å². The molecule has 0 atom stereocenters. The van der Waals surface area contributed by atoms with Crippen molar-refractivity contribution in [1.82, 2.24) is 10.6 Å². The second-order valence-electron chi connectivity index (χ2n) is 5.29. The first kappa shape index (κ1) is 18.7. The topological polar surface area (TPSA) is 84.5 Å². The minimum atomic E-state index is -0.459. The Balaban J connectivity index is 1.53. The molecule has 1 heterocycles. The molecule has 0 saturated carbocycles. The molecule has 0 aliphatic heterocycles. The lowest BCUT2D eigenvalue weighted by molar-refractivity contribution is -0.148. The molecule has 1 aromatic heterocycles. The average molecular weight is 360 g/mol. The van der Waals surface area contributed by atoms with E-state index in [1.165, 1.54) is 11.3 Å². The van der Waals surface area contributed by atoms with Gasteiger partial charge >= 0.3 is 5.97 Å². The largest absolute Gasteiger partial charge is 0.456 e. The molecule has 2 rings (SSSR count). The van der Waals surface area contributed by atoms with Crippen molar-refractivity contribution in [3.63, 3.8) is 0 Å². The first-order valence-corrected chi connectivity index (χ1v) is 8.86. The van der Waals surface area contributed by atoms with Crippen molar-refractivity contribution in [1.29, 1.82) is 0 Å². The highest BCUT2D eigenvalue weighted by atomic mass is 32.1. The van der Waals surface area contributed by atoms with Crippen LogP contribution in [0.15, 0.2) is 47.2 Å². The molecule has 0 bridgehead atoms. The maximum absolute atomic E-state index is 11.7. The number of rotatable bonds is 9. The Kier molecular flexibility index (Phi) is 7.65. The number of ether oxygens (including phenoxy) is 1. The molecule has 0 aliphatic carbocycles. The Hall–Kier alpha value is -2.67. The van der Waals surface area contributed by atoms with E-state index in [0.29, 0.717) is 25.1 Å². The highest BCUT2D eigenvalue weighted by Gasteiger charge is 2.08. The van der Waals surface area contributed by atoms with Gasteiger partial charge in [-0.05, 0) is 23.4 Å². The second kappa shape index (κ2) is 10.2. The molecule has 0 fully saturated rings. The van der Waals surface area contributed by atoms with Crippen LogP contribution < -0.4 is 10.6 Å². The molecule has 0 aliphatic rings. The number of carbonyl (C=O) groups excluding carboxylic acids is 3. The summed E-state index contributed by atoms with van der Waals surface area (Å²) in [5, 5.41) is 8.99. The van der Waals surface area contributed by atoms with Gasteiger partial charge in [-0.25, -0.2) is 0 Å². The van der Waals surface area contributed by atoms with Crippen LogP contribution in [0, 0.1) is 0 Å². The fourth-order valence-corrected chi connectivity index (χ4v) is 2.63. The minimum Gasteiger partial charge on any atom is -0.456 e. The van der Waals surface area contributed by atoms with Crippen LogP contribution in [0.3, 0.4) is 0 Å². The molecule has 2 N–H and O–H groups in total. The maximum atomic E-state index is 11.7. The third kappa shape index (κ3) is 7.17. The lowest BCUT2D eigenvalue weighted by Gasteiger charge is -2.07. The Morgan fingerprint density at radius 1 is 1.04 bits per heavy atom. The fraction of sp³-hybridized carbons (Fsp3) is 0.278. The molecule has 6 nitrogen and oxygen atoms in total. The molecule has 0 unspecified atom stereocenters. The van der Waals surface area contributed by atoms with Gasteiger partial charge in [0, 0.05) is 30.5 Å². The van der Waals surface area contributed by atoms with E-state index in [1.54, 1.807) is 11.4 Å². The highest BCUT2D eigenvalue weighted by molar-refractivity contribution is 7.08. The van der Waals surface area contributed by atoms with Gasteiger partial charge in [-0.1, -0.05) is 30.3 Å². The van der Waals surface area contributed by atoms with Gasteiger partial charge in [-0.3, -0.25) is 14.4 Å². The van der Waals surface area contributed by atoms with Gasteiger partial charge in [0.1, 0.15) is 0 Å². The first-order chi connectivity index (χ1) is 12.1. The van der Waals surface area contributed by atoms with Crippen molar-refractivity contribution >= 4 is 29.1 Å². The van der Waals surface area contributed by atoms with Crippen LogP contribution in [0.4, 0.5) is 0 Å². The number of benzene rings is 1. The lowest BCUT2D eigenvalue weighted by Crippen LogP contribution is -2.28. The summed E-state index contributed by atoms with van der Waals surface area (Å²) in [5.74, 6) is -0.961. The fourth-order valence-electron chi connectivity index (χ4n) is 2.00. The molecule has 0 spiro atoms. The van der Waals surface area contributed by atoms with E-state index in [9.17, 15) is 14.4 Å². The van der Waals surface area contributed by atoms with Gasteiger partial charge < -0.3 is 15.4 Å². The third-order valence-electron chi connectivity index (χ3n) is 3.32. The van der Waals surface area contributed by atoms with Crippen LogP contribution in [-0.4, -0.2) is 30.9 Å². The molecular weight excluding hydrogens is 340 g/mol. The van der Waals surface area contributed by atoms with Crippen LogP contribution in [0.25, 0.3) is 0 Å². The van der Waals surface area contributed by atoms with Crippen molar-refractivity contribution in [3.8, 4) is 0 Å². The van der Waals surface area contributed by atoms with Crippen molar-refractivity contribution in [2.24, 2.45) is 0 Å². The number of thiophene rings is 1. The Bertz CT molecular complexity index is 686. The van der Waals surface area contributed by atoms with Crippen molar-refractivity contribution < 1.29 is 19.1 Å². The lowest BCUT2D eigenvalue weighted by atomic mass is 10.2. The molecule has 0 saturated heterocycles. The van der Waals surface area contributed by atoms with E-state index in [1.807, 2.05) is 35.7 Å². The Labute approximate surface area is 150 Å². The van der Waals surface area contributed by atoms with Crippen LogP contribution in [0.2, 0.25) is 0 Å². The first-order valence-electron chi connectivity index (χ1n) is 7.92. The molecule has 0 radical (unpaired) electrons. The maximum Gasteiger partial charge on any atom is 0.306 e. The third-order valence-corrected chi connectivity index (χ3v) is 4.01. The number of amides is 2. The SMILES string of the molecule is O=C(COC(=O)CCCNC(=O)c1ccsc1)NCc1ccccc1. The van der Waals surface area contributed by atoms with Crippen LogP contribution in [0.5, 0.6) is 0 Å². The molecule has 2 aromatic rings. The molecule has 1 aromatic carbocycles. The predicted molar refractivity (Wildman–Crippen MR) is 95.1 cm³/mol. The molecule has 132 valence electrons. The zero-order valence-electron chi connectivity index (χ0n) is 13.7. The van der Waals surface area contributed by atoms with E-state index in [4.69, 9.17) is 4.74 Å². The number of hydrogen-bond donors (Lipinski definition) is 2. The summed E-state index contributed by atoms with van der Waals surface area (Å²) < 4.78 is 4.91. The van der Waals surface area contributed by atoms with Crippen LogP contribution in [-0.2, 0) is 20.9 Å². The number of hydrogen-bond acceptors (Lipinski definition) is 5. The summed E-state index contributed by atoms with van der Waals surface area (Å²) in [7, 11) is 0. The monoisotopic (exact) mass is 360 g/mol. The standard InChI is InChI=1S/C18H20N2O4S/c21-16(20-11-14-5-2-1-3-6-14)12-24-17(22)7-4-9-19-18(23)15-8-10-25-13-15/h1-3,5-6,8,10,13H,4,7,9,11-12H2,(H,19,23)(H,20,21). The highest BCUT2D eigenvalue weighted by Crippen LogP contribution is 2.05. The van der Waals surface area contributed by atoms with Gasteiger partial charge in [0.2, 0.25) is 0 Å². The summed E-state index contributed by atoms with van der Waals surface area (Å²) in [5.41, 5.74) is 1.59. The van der Waals surface area contributed by atoms with Gasteiger partial charge in [0.05, 0.1) is 0 Å². The summed E-state index contributed by atoms with van der Waals surface area (Å²) >= 11 is 1.45. The summed E-state index contributed by atoms with van der Waals surface area (Å²) in [6.07, 6.45) is 0.607. The van der Waals surface area contributed by atoms with E-state index in [2.05, 4.69) is 10.6 Å². The van der Waals surface area contributed by atoms with Crippen molar-refractivity contribution in [2.45, 2.75) is 19.4 Å². The van der Waals surface area contributed by atoms with E-state index in [0.717, 1.165) is 5.56 Å². The second-order valence-corrected chi connectivity index (χ2v) is 6.07. The van der Waals surface area contributed by atoms with Gasteiger partial charge in [0.15, 0.2) is 6.61 Å². The average Bonchev–Trinajstić information content (AvgIpc) is 3.17. The smallest absolute Gasteiger partial charge is 0.306 e. The molecule has 25 heavy (non-hydrogen) atoms. The van der Waals surface area contributed by atoms with E-state index < -0.39 is 5.97 Å². The van der Waals surface area contributed by atoms with E-state index in [-0.39, 0.29) is 24.8 Å². The quantitative estimate of drug-likeness (QED) is 0.530. The van der Waals surface area contributed by atoms with Gasteiger partial charge in [0.25, 0.3) is 11.8 Å². The van der Waals surface area contributed by atoms with Gasteiger partial charge in [-0.2, -0.15) is 11.3 Å². The predicted octanol–water partition coefficient (Wildman–Crippen LogP) is 2.12. The Morgan fingerprint density at radius 3 is 2.56 bits per heavy atom. The normalized spacial score (nSPS) is 10.1. The summed E-state index contributed by atoms with van der Waals surface area (Å²) in [4.78, 5) is 34.9. The number of carbonyl (C=O) groups is 3. The molecule has 7 heteroatoms. The minimum absolute atomic E-state index is 0.149. The van der Waals surface area contributed by atoms with Crippen molar-refractivity contribution in [3.05, 3.63) is 58.3 Å². The van der Waals surface area contributed by atoms with Gasteiger partial charge in [-0.15, -0.1) is 0 Å². The molecule has 2 amide bonds. The molecular formula is C18H20N2O4S. The summed E-state index contributed by atoms with van der Waals surface area (Å²) in [6.45, 7) is 0.475. The van der Waals surface area contributed by atoms with Crippen LogP contribution >= 0.6 is 11.3 Å². The summed E-state index contributed by atoms with van der Waals surface area (Å²) in [6, 6.07) is 11.2. The van der Waals surface area contributed by atoms with Crippen molar-refractivity contribution in [2.75, 3.05) is 13.2 Å². The Morgan fingerprint density at radius 2 is 1.84 bits per heavy atom. The number of nitrogens with one attached hydrogen (secondary N) is 2.